The molecule has 11 heteroatoms. The Morgan fingerprint density at radius 3 is 2.27 bits per heavy atom. The molecule has 4 aromatic rings. The Labute approximate surface area is 289 Å². The van der Waals surface area contributed by atoms with E-state index in [0.29, 0.717) is 18.9 Å². The molecule has 1 aliphatic rings. The minimum atomic E-state index is -3.62. The Kier molecular flexibility index (Phi) is 12.4. The van der Waals surface area contributed by atoms with E-state index in [1.54, 1.807) is 45.0 Å². The number of likely N-dealkylation sites (tertiary alicyclic amines) is 1. The number of esters is 1. The Morgan fingerprint density at radius 1 is 0.939 bits per heavy atom. The molecule has 1 aromatic heterocycles. The molecule has 2 atom stereocenters. The summed E-state index contributed by atoms with van der Waals surface area (Å²) in [5, 5.41) is 14.1. The molecule has 10 nitrogen and oxygen atoms in total. The van der Waals surface area contributed by atoms with Crippen LogP contribution in [-0.4, -0.2) is 72.4 Å². The summed E-state index contributed by atoms with van der Waals surface area (Å²) in [6.07, 6.45) is 4.67. The molecule has 0 amide bonds. The molecule has 2 N–H and O–H groups in total. The maximum Gasteiger partial charge on any atom is 0.342 e. The zero-order valence-corrected chi connectivity index (χ0v) is 30.2. The number of nitrogens with zero attached hydrogens (tertiary/aromatic N) is 2. The lowest BCUT2D eigenvalue weighted by Gasteiger charge is -2.23. The molecule has 1 unspecified atom stereocenters. The van der Waals surface area contributed by atoms with E-state index >= 15 is 0 Å². The van der Waals surface area contributed by atoms with Crippen molar-refractivity contribution in [3.63, 3.8) is 0 Å². The van der Waals surface area contributed by atoms with Crippen molar-refractivity contribution in [3.05, 3.63) is 77.9 Å². The van der Waals surface area contributed by atoms with Gasteiger partial charge in [-0.3, -0.25) is 14.3 Å². The van der Waals surface area contributed by atoms with Gasteiger partial charge in [-0.1, -0.05) is 25.0 Å². The molecule has 1 fully saturated rings. The standard InChI is InChI=1S/C38H50N3O7P/c1-27(2)47-38(43)29(4)39-49(44,26-45-5)48-34-17-12-31(13-18-34)37-28(3)35-24-32(42)14-19-36(35)41(37)25-30-10-15-33(16-11-30)46-23-22-40-20-8-6-7-9-21-40/h10-19,24,27,29,42H,6-9,20-23,25-26H2,1-5H3,(H,39,44)/t29-,49?/m0/s1. The number of methoxy groups -OCH3 is 1. The van der Waals surface area contributed by atoms with Gasteiger partial charge in [-0.15, -0.1) is 0 Å². The minimum Gasteiger partial charge on any atom is -0.508 e. The zero-order chi connectivity index (χ0) is 35.0. The van der Waals surface area contributed by atoms with Gasteiger partial charge in [0.05, 0.1) is 11.8 Å². The molecular weight excluding hydrogens is 641 g/mol. The van der Waals surface area contributed by atoms with Crippen LogP contribution in [-0.2, 0) is 25.4 Å². The number of carbonyl (C=O) groups excluding carboxylic acids is 1. The number of fused-ring (bicyclic) bond motifs is 1. The largest absolute Gasteiger partial charge is 0.508 e. The fourth-order valence-corrected chi connectivity index (χ4v) is 8.04. The summed E-state index contributed by atoms with van der Waals surface area (Å²) in [6, 6.07) is 20.2. The summed E-state index contributed by atoms with van der Waals surface area (Å²) in [5.74, 6) is 0.910. The van der Waals surface area contributed by atoms with E-state index in [1.165, 1.54) is 32.8 Å². The van der Waals surface area contributed by atoms with Crippen LogP contribution in [0.1, 0.15) is 57.6 Å². The molecule has 0 saturated carbocycles. The zero-order valence-electron chi connectivity index (χ0n) is 29.3. The van der Waals surface area contributed by atoms with Crippen LogP contribution in [0.3, 0.4) is 0 Å². The van der Waals surface area contributed by atoms with Gasteiger partial charge < -0.3 is 28.4 Å². The van der Waals surface area contributed by atoms with Crippen LogP contribution < -0.4 is 14.3 Å². The Balaban J connectivity index is 1.33. The normalized spacial score (nSPS) is 15.9. The molecule has 2 heterocycles. The number of nitrogens with one attached hydrogen (secondary N) is 1. The molecule has 1 saturated heterocycles. The second-order valence-corrected chi connectivity index (χ2v) is 15.1. The molecule has 5 rings (SSSR count). The highest BCUT2D eigenvalue weighted by Gasteiger charge is 2.31. The maximum absolute atomic E-state index is 13.7. The SMILES string of the molecule is COCP(=O)(N[C@@H](C)C(=O)OC(C)C)Oc1ccc(-c2c(C)c3cc(O)ccc3n2Cc2ccc(OCCN3CCCCCC3)cc2)cc1. The first-order chi connectivity index (χ1) is 23.5. The number of hydrogen-bond acceptors (Lipinski definition) is 8. The van der Waals surface area contributed by atoms with Crippen molar-refractivity contribution in [2.75, 3.05) is 39.7 Å². The molecule has 3 aromatic carbocycles. The van der Waals surface area contributed by atoms with E-state index < -0.39 is 19.5 Å². The first kappa shape index (κ1) is 36.5. The number of hydrogen-bond donors (Lipinski definition) is 2. The van der Waals surface area contributed by atoms with Crippen LogP contribution >= 0.6 is 7.52 Å². The Morgan fingerprint density at radius 2 is 1.61 bits per heavy atom. The first-order valence-electron chi connectivity index (χ1n) is 17.2. The van der Waals surface area contributed by atoms with Gasteiger partial charge in [0.15, 0.2) is 0 Å². The summed E-state index contributed by atoms with van der Waals surface area (Å²) in [6.45, 7) is 11.7. The average molecular weight is 692 g/mol. The molecule has 49 heavy (non-hydrogen) atoms. The van der Waals surface area contributed by atoms with Crippen molar-refractivity contribution in [1.29, 1.82) is 0 Å². The smallest absolute Gasteiger partial charge is 0.342 e. The second kappa shape index (κ2) is 16.7. The van der Waals surface area contributed by atoms with Crippen molar-refractivity contribution in [1.82, 2.24) is 14.6 Å². The minimum absolute atomic E-state index is 0.206. The Hall–Kier alpha value is -3.82. The molecule has 0 bridgehead atoms. The van der Waals surface area contributed by atoms with Gasteiger partial charge in [-0.2, -0.15) is 0 Å². The number of carbonyl (C=O) groups is 1. The van der Waals surface area contributed by atoms with Crippen LogP contribution in [0.2, 0.25) is 0 Å². The van der Waals surface area contributed by atoms with E-state index in [0.717, 1.165) is 58.7 Å². The predicted molar refractivity (Wildman–Crippen MR) is 194 cm³/mol. The number of aromatic nitrogens is 1. The van der Waals surface area contributed by atoms with Crippen molar-refractivity contribution in [2.24, 2.45) is 0 Å². The summed E-state index contributed by atoms with van der Waals surface area (Å²) >= 11 is 0. The summed E-state index contributed by atoms with van der Waals surface area (Å²) in [4.78, 5) is 14.9. The summed E-state index contributed by atoms with van der Waals surface area (Å²) < 4.78 is 38.4. The molecular formula is C38H50N3O7P. The van der Waals surface area contributed by atoms with Gasteiger partial charge in [0.1, 0.15) is 36.2 Å². The topological polar surface area (TPSA) is 111 Å². The number of benzene rings is 3. The fraction of sp³-hybridized carbons (Fsp3) is 0.447. The number of phenolic OH excluding ortho intramolecular Hbond substituents is 1. The third-order valence-electron chi connectivity index (χ3n) is 8.71. The molecule has 264 valence electrons. The number of ether oxygens (including phenoxy) is 3. The number of aryl methyl sites for hydroxylation is 1. The highest BCUT2D eigenvalue weighted by Crippen LogP contribution is 2.44. The van der Waals surface area contributed by atoms with Gasteiger partial charge in [0, 0.05) is 31.1 Å². The van der Waals surface area contributed by atoms with Crippen molar-refractivity contribution >= 4 is 24.4 Å². The lowest BCUT2D eigenvalue weighted by Crippen LogP contribution is -2.36. The fourth-order valence-electron chi connectivity index (χ4n) is 6.36. The monoisotopic (exact) mass is 691 g/mol. The Bertz CT molecular complexity index is 1730. The molecule has 0 spiro atoms. The number of phenols is 1. The van der Waals surface area contributed by atoms with E-state index in [-0.39, 0.29) is 18.2 Å². The van der Waals surface area contributed by atoms with Crippen molar-refractivity contribution < 1.29 is 33.2 Å². The third kappa shape index (κ3) is 9.67. The lowest BCUT2D eigenvalue weighted by atomic mass is 10.1. The third-order valence-corrected chi connectivity index (χ3v) is 10.6. The lowest BCUT2D eigenvalue weighted by molar-refractivity contribution is -0.149. The summed E-state index contributed by atoms with van der Waals surface area (Å²) in [7, 11) is -2.19. The highest BCUT2D eigenvalue weighted by atomic mass is 31.2. The van der Waals surface area contributed by atoms with E-state index in [9.17, 15) is 14.5 Å². The van der Waals surface area contributed by atoms with Crippen LogP contribution in [0.15, 0.2) is 66.7 Å². The van der Waals surface area contributed by atoms with E-state index in [2.05, 4.69) is 26.7 Å². The van der Waals surface area contributed by atoms with Crippen molar-refractivity contribution in [3.8, 4) is 28.5 Å². The van der Waals surface area contributed by atoms with Crippen LogP contribution in [0.5, 0.6) is 17.2 Å². The van der Waals surface area contributed by atoms with E-state index in [1.807, 2.05) is 37.3 Å². The van der Waals surface area contributed by atoms with Crippen LogP contribution in [0, 0.1) is 6.92 Å². The van der Waals surface area contributed by atoms with E-state index in [4.69, 9.17) is 18.7 Å². The van der Waals surface area contributed by atoms with Gasteiger partial charge in [-0.05, 0) is 125 Å². The van der Waals surface area contributed by atoms with Gasteiger partial charge in [-0.25, -0.2) is 5.09 Å². The maximum atomic E-state index is 13.7. The van der Waals surface area contributed by atoms with Gasteiger partial charge in [0.2, 0.25) is 0 Å². The quantitative estimate of drug-likeness (QED) is 0.0956. The average Bonchev–Trinajstić information content (AvgIpc) is 3.19. The molecule has 0 aliphatic carbocycles. The van der Waals surface area contributed by atoms with Gasteiger partial charge in [0.25, 0.3) is 0 Å². The highest BCUT2D eigenvalue weighted by molar-refractivity contribution is 7.57. The molecule has 1 aliphatic heterocycles. The van der Waals surface area contributed by atoms with Gasteiger partial charge >= 0.3 is 13.5 Å². The van der Waals surface area contributed by atoms with Crippen LogP contribution in [0.4, 0.5) is 0 Å². The number of aromatic hydroxyl groups is 1. The van der Waals surface area contributed by atoms with Crippen LogP contribution in [0.25, 0.3) is 22.2 Å². The second-order valence-electron chi connectivity index (χ2n) is 13.1. The number of rotatable bonds is 15. The molecule has 0 radical (unpaired) electrons. The first-order valence-corrected chi connectivity index (χ1v) is 19.0. The summed E-state index contributed by atoms with van der Waals surface area (Å²) in [5.41, 5.74) is 5.06. The predicted octanol–water partition coefficient (Wildman–Crippen LogP) is 7.73. The van der Waals surface area contributed by atoms with Crippen molar-refractivity contribution in [2.45, 2.75) is 72.1 Å².